The Morgan fingerprint density at radius 3 is 2.87 bits per heavy atom. The number of imidazole rings is 1. The van der Waals surface area contributed by atoms with Gasteiger partial charge in [-0.3, -0.25) is 0 Å². The molecule has 4 nitrogen and oxygen atoms in total. The highest BCUT2D eigenvalue weighted by atomic mass is 16.4. The van der Waals surface area contributed by atoms with Gasteiger partial charge in [0.05, 0.1) is 0 Å². The van der Waals surface area contributed by atoms with Crippen LogP contribution in [0.5, 0.6) is 0 Å². The molecule has 4 heteroatoms. The molecule has 1 aliphatic carbocycles. The van der Waals surface area contributed by atoms with Gasteiger partial charge in [-0.2, -0.15) is 0 Å². The molecule has 0 atom stereocenters. The molecule has 0 bridgehead atoms. The minimum Gasteiger partial charge on any atom is -0.475 e. The number of hydrogen-bond donors (Lipinski definition) is 1. The van der Waals surface area contributed by atoms with Crippen molar-refractivity contribution in [1.29, 1.82) is 0 Å². The second-order valence-electron chi connectivity index (χ2n) is 4.21. The maximum absolute atomic E-state index is 10.8. The molecule has 1 saturated carbocycles. The average Bonchev–Trinajstić information content (AvgIpc) is 2.67. The van der Waals surface area contributed by atoms with E-state index in [1.54, 1.807) is 17.0 Å². The van der Waals surface area contributed by atoms with Gasteiger partial charge < -0.3 is 9.67 Å². The summed E-state index contributed by atoms with van der Waals surface area (Å²) in [5, 5.41) is 8.90. The summed E-state index contributed by atoms with van der Waals surface area (Å²) in [7, 11) is 0. The predicted molar refractivity (Wildman–Crippen MR) is 55.8 cm³/mol. The lowest BCUT2D eigenvalue weighted by molar-refractivity contribution is 0.0676. The summed E-state index contributed by atoms with van der Waals surface area (Å²) in [6.45, 7) is 0.807. The average molecular weight is 208 g/mol. The molecule has 1 aromatic rings. The number of carboxylic acid groups (broad SMARTS) is 1. The van der Waals surface area contributed by atoms with Crippen LogP contribution in [0, 0.1) is 5.92 Å². The molecule has 1 aromatic heterocycles. The molecule has 0 spiro atoms. The van der Waals surface area contributed by atoms with Crippen molar-refractivity contribution in [3.05, 3.63) is 18.2 Å². The summed E-state index contributed by atoms with van der Waals surface area (Å²) in [4.78, 5) is 14.7. The Kier molecular flexibility index (Phi) is 3.04. The van der Waals surface area contributed by atoms with E-state index in [2.05, 4.69) is 4.98 Å². The van der Waals surface area contributed by atoms with E-state index in [-0.39, 0.29) is 5.82 Å². The van der Waals surface area contributed by atoms with Crippen molar-refractivity contribution in [3.63, 3.8) is 0 Å². The van der Waals surface area contributed by atoms with Crippen LogP contribution in [0.3, 0.4) is 0 Å². The minimum absolute atomic E-state index is 0.167. The third-order valence-electron chi connectivity index (χ3n) is 3.09. The van der Waals surface area contributed by atoms with Crippen molar-refractivity contribution >= 4 is 5.97 Å². The fourth-order valence-electron chi connectivity index (χ4n) is 2.30. The van der Waals surface area contributed by atoms with Crippen LogP contribution < -0.4 is 0 Å². The Balaban J connectivity index is 2.03. The zero-order valence-corrected chi connectivity index (χ0v) is 8.72. The van der Waals surface area contributed by atoms with Crippen molar-refractivity contribution in [2.24, 2.45) is 5.92 Å². The summed E-state index contributed by atoms with van der Waals surface area (Å²) in [6, 6.07) is 0. The molecule has 1 heterocycles. The molecule has 82 valence electrons. The zero-order valence-electron chi connectivity index (χ0n) is 8.72. The normalized spacial score (nSPS) is 17.9. The molecule has 1 fully saturated rings. The zero-order chi connectivity index (χ0) is 10.7. The van der Waals surface area contributed by atoms with Crippen molar-refractivity contribution < 1.29 is 9.90 Å². The SMILES string of the molecule is O=C(O)c1nccn1CC1CCCCC1. The number of rotatable bonds is 3. The Labute approximate surface area is 88.9 Å². The van der Waals surface area contributed by atoms with E-state index in [1.807, 2.05) is 0 Å². The third-order valence-corrected chi connectivity index (χ3v) is 3.09. The van der Waals surface area contributed by atoms with Gasteiger partial charge in [0.25, 0.3) is 0 Å². The molecule has 15 heavy (non-hydrogen) atoms. The van der Waals surface area contributed by atoms with E-state index < -0.39 is 5.97 Å². The monoisotopic (exact) mass is 208 g/mol. The van der Waals surface area contributed by atoms with Gasteiger partial charge >= 0.3 is 5.97 Å². The summed E-state index contributed by atoms with van der Waals surface area (Å²) in [5.41, 5.74) is 0. The van der Waals surface area contributed by atoms with E-state index in [1.165, 1.54) is 32.1 Å². The van der Waals surface area contributed by atoms with E-state index in [0.717, 1.165) is 6.54 Å². The lowest BCUT2D eigenvalue weighted by Crippen LogP contribution is -2.17. The van der Waals surface area contributed by atoms with Crippen LogP contribution in [-0.4, -0.2) is 20.6 Å². The van der Waals surface area contributed by atoms with Crippen LogP contribution >= 0.6 is 0 Å². The molecule has 0 amide bonds. The smallest absolute Gasteiger partial charge is 0.372 e. The molecular weight excluding hydrogens is 192 g/mol. The van der Waals surface area contributed by atoms with Gasteiger partial charge in [0.2, 0.25) is 5.82 Å². The lowest BCUT2D eigenvalue weighted by atomic mass is 9.89. The molecule has 0 aliphatic heterocycles. The minimum atomic E-state index is -0.934. The Hall–Kier alpha value is -1.32. The maximum Gasteiger partial charge on any atom is 0.372 e. The van der Waals surface area contributed by atoms with Gasteiger partial charge in [-0.15, -0.1) is 0 Å². The molecule has 1 aliphatic rings. The number of carboxylic acids is 1. The van der Waals surface area contributed by atoms with E-state index in [4.69, 9.17) is 5.11 Å². The van der Waals surface area contributed by atoms with Crippen molar-refractivity contribution in [3.8, 4) is 0 Å². The van der Waals surface area contributed by atoms with Crippen LogP contribution in [0.1, 0.15) is 42.7 Å². The van der Waals surface area contributed by atoms with Crippen molar-refractivity contribution in [2.45, 2.75) is 38.6 Å². The first-order chi connectivity index (χ1) is 7.27. The Morgan fingerprint density at radius 1 is 1.47 bits per heavy atom. The largest absolute Gasteiger partial charge is 0.475 e. The molecule has 2 rings (SSSR count). The summed E-state index contributed by atoms with van der Waals surface area (Å²) >= 11 is 0. The standard InChI is InChI=1S/C11H16N2O2/c14-11(15)10-12-6-7-13(10)8-9-4-2-1-3-5-9/h6-7,9H,1-5,8H2,(H,14,15). The summed E-state index contributed by atoms with van der Waals surface area (Å²) < 4.78 is 1.76. The summed E-state index contributed by atoms with van der Waals surface area (Å²) in [5.74, 6) is -0.137. The Bertz CT molecular complexity index is 340. The first kappa shape index (κ1) is 10.2. The molecule has 0 aromatic carbocycles. The van der Waals surface area contributed by atoms with Crippen LogP contribution in [-0.2, 0) is 6.54 Å². The lowest BCUT2D eigenvalue weighted by Gasteiger charge is -2.22. The first-order valence-electron chi connectivity index (χ1n) is 5.52. The topological polar surface area (TPSA) is 55.1 Å². The highest BCUT2D eigenvalue weighted by Crippen LogP contribution is 2.25. The van der Waals surface area contributed by atoms with Gasteiger partial charge in [-0.1, -0.05) is 19.3 Å². The van der Waals surface area contributed by atoms with Crippen LogP contribution in [0.25, 0.3) is 0 Å². The number of aromatic carboxylic acids is 1. The van der Waals surface area contributed by atoms with Gasteiger partial charge in [0.1, 0.15) is 0 Å². The third kappa shape index (κ3) is 2.37. The predicted octanol–water partition coefficient (Wildman–Crippen LogP) is 2.16. The molecular formula is C11H16N2O2. The van der Waals surface area contributed by atoms with Crippen molar-refractivity contribution in [1.82, 2.24) is 9.55 Å². The number of nitrogens with zero attached hydrogens (tertiary/aromatic N) is 2. The molecule has 1 N–H and O–H groups in total. The summed E-state index contributed by atoms with van der Waals surface area (Å²) in [6.07, 6.45) is 9.65. The van der Waals surface area contributed by atoms with Crippen molar-refractivity contribution in [2.75, 3.05) is 0 Å². The fourth-order valence-corrected chi connectivity index (χ4v) is 2.30. The fraction of sp³-hybridized carbons (Fsp3) is 0.636. The molecule has 0 radical (unpaired) electrons. The van der Waals surface area contributed by atoms with E-state index >= 15 is 0 Å². The van der Waals surface area contributed by atoms with E-state index in [9.17, 15) is 4.79 Å². The second kappa shape index (κ2) is 4.47. The number of aromatic nitrogens is 2. The first-order valence-corrected chi connectivity index (χ1v) is 5.52. The van der Waals surface area contributed by atoms with E-state index in [0.29, 0.717) is 5.92 Å². The number of carbonyl (C=O) groups is 1. The van der Waals surface area contributed by atoms with Gasteiger partial charge in [0.15, 0.2) is 0 Å². The molecule has 0 saturated heterocycles. The Morgan fingerprint density at radius 2 is 2.20 bits per heavy atom. The number of hydrogen-bond acceptors (Lipinski definition) is 2. The maximum atomic E-state index is 10.8. The van der Waals surface area contributed by atoms with Gasteiger partial charge in [0, 0.05) is 18.9 Å². The quantitative estimate of drug-likeness (QED) is 0.828. The highest BCUT2D eigenvalue weighted by Gasteiger charge is 2.17. The highest BCUT2D eigenvalue weighted by molar-refractivity contribution is 5.83. The van der Waals surface area contributed by atoms with Crippen LogP contribution in [0.15, 0.2) is 12.4 Å². The van der Waals surface area contributed by atoms with Crippen LogP contribution in [0.4, 0.5) is 0 Å². The van der Waals surface area contributed by atoms with Gasteiger partial charge in [-0.05, 0) is 18.8 Å². The molecule has 0 unspecified atom stereocenters. The second-order valence-corrected chi connectivity index (χ2v) is 4.21. The van der Waals surface area contributed by atoms with Gasteiger partial charge in [-0.25, -0.2) is 9.78 Å². The van der Waals surface area contributed by atoms with Crippen LogP contribution in [0.2, 0.25) is 0 Å².